The van der Waals surface area contributed by atoms with Gasteiger partial charge in [0.2, 0.25) is 11.0 Å². The molecule has 0 bridgehead atoms. The average molecular weight is 351 g/mol. The van der Waals surface area contributed by atoms with Gasteiger partial charge in [-0.25, -0.2) is 4.79 Å². The number of likely N-dealkylation sites (N-methyl/N-ethyl adjacent to an activating group) is 1. The monoisotopic (exact) mass is 351 g/mol. The standard InChI is InChI=1S/C15H21N5O3S/c1-9-4-10(2)6-15(5-9)12(22)20(13(23)17-15)7-11(21)19(3)14-18-16-8-24-14/h8-10H,4-7H2,1-3H3,(H,17,23). The first-order valence-corrected chi connectivity index (χ1v) is 8.87. The second-order valence-electron chi connectivity index (χ2n) is 6.93. The Labute approximate surface area is 144 Å². The minimum Gasteiger partial charge on any atom is -0.323 e. The highest BCUT2D eigenvalue weighted by Gasteiger charge is 2.54. The van der Waals surface area contributed by atoms with Gasteiger partial charge >= 0.3 is 6.03 Å². The molecular weight excluding hydrogens is 330 g/mol. The van der Waals surface area contributed by atoms with E-state index in [1.54, 1.807) is 7.05 Å². The Morgan fingerprint density at radius 1 is 1.42 bits per heavy atom. The molecule has 1 aromatic heterocycles. The number of nitrogens with zero attached hydrogens (tertiary/aromatic N) is 4. The van der Waals surface area contributed by atoms with Crippen molar-refractivity contribution >= 4 is 34.3 Å². The lowest BCUT2D eigenvalue weighted by atomic mass is 9.71. The van der Waals surface area contributed by atoms with Crippen LogP contribution in [0.1, 0.15) is 33.1 Å². The summed E-state index contributed by atoms with van der Waals surface area (Å²) in [4.78, 5) is 39.9. The Bertz CT molecular complexity index is 652. The molecule has 8 nitrogen and oxygen atoms in total. The third-order valence-electron chi connectivity index (χ3n) is 4.75. The number of rotatable bonds is 3. The second kappa shape index (κ2) is 6.12. The van der Waals surface area contributed by atoms with Gasteiger partial charge in [-0.1, -0.05) is 25.2 Å². The maximum atomic E-state index is 12.9. The van der Waals surface area contributed by atoms with Gasteiger partial charge in [-0.2, -0.15) is 0 Å². The fourth-order valence-corrected chi connectivity index (χ4v) is 4.43. The van der Waals surface area contributed by atoms with E-state index in [0.717, 1.165) is 11.3 Å². The molecule has 1 N–H and O–H groups in total. The van der Waals surface area contributed by atoms with E-state index >= 15 is 0 Å². The third-order valence-corrected chi connectivity index (χ3v) is 5.51. The third kappa shape index (κ3) is 2.88. The van der Waals surface area contributed by atoms with Crippen molar-refractivity contribution in [2.75, 3.05) is 18.5 Å². The van der Waals surface area contributed by atoms with Crippen LogP contribution in [0.25, 0.3) is 0 Å². The largest absolute Gasteiger partial charge is 0.325 e. The van der Waals surface area contributed by atoms with Crippen molar-refractivity contribution in [2.45, 2.75) is 38.6 Å². The number of hydrogen-bond acceptors (Lipinski definition) is 6. The Morgan fingerprint density at radius 2 is 2.08 bits per heavy atom. The van der Waals surface area contributed by atoms with Crippen molar-refractivity contribution in [2.24, 2.45) is 11.8 Å². The van der Waals surface area contributed by atoms with Crippen molar-refractivity contribution in [3.05, 3.63) is 5.51 Å². The zero-order valence-electron chi connectivity index (χ0n) is 14.0. The molecule has 3 rings (SSSR count). The van der Waals surface area contributed by atoms with E-state index in [-0.39, 0.29) is 18.4 Å². The van der Waals surface area contributed by atoms with Gasteiger partial charge in [0.05, 0.1) is 0 Å². The van der Waals surface area contributed by atoms with Crippen LogP contribution in [-0.2, 0) is 9.59 Å². The van der Waals surface area contributed by atoms with Crippen LogP contribution >= 0.6 is 11.3 Å². The summed E-state index contributed by atoms with van der Waals surface area (Å²) in [5, 5.41) is 10.8. The molecule has 2 heterocycles. The first-order chi connectivity index (χ1) is 11.3. The van der Waals surface area contributed by atoms with Crippen LogP contribution in [0.3, 0.4) is 0 Å². The number of hydrogen-bond donors (Lipinski definition) is 1. The van der Waals surface area contributed by atoms with E-state index < -0.39 is 11.6 Å². The zero-order valence-corrected chi connectivity index (χ0v) is 14.8. The number of nitrogens with one attached hydrogen (secondary N) is 1. The molecule has 130 valence electrons. The quantitative estimate of drug-likeness (QED) is 0.827. The molecule has 9 heteroatoms. The molecule has 0 aromatic carbocycles. The summed E-state index contributed by atoms with van der Waals surface area (Å²) in [7, 11) is 1.56. The van der Waals surface area contributed by atoms with Crippen LogP contribution in [0.15, 0.2) is 5.51 Å². The summed E-state index contributed by atoms with van der Waals surface area (Å²) in [5.41, 5.74) is 0.669. The van der Waals surface area contributed by atoms with E-state index in [1.807, 2.05) is 0 Å². The highest BCUT2D eigenvalue weighted by atomic mass is 32.1. The number of aromatic nitrogens is 2. The second-order valence-corrected chi connectivity index (χ2v) is 7.74. The summed E-state index contributed by atoms with van der Waals surface area (Å²) in [6.07, 6.45) is 2.29. The van der Waals surface area contributed by atoms with Gasteiger partial charge in [0.25, 0.3) is 5.91 Å². The lowest BCUT2D eigenvalue weighted by molar-refractivity contribution is -0.136. The SMILES string of the molecule is CC1CC(C)CC2(C1)NC(=O)N(CC(=O)N(C)c1nncs1)C2=O. The van der Waals surface area contributed by atoms with Crippen molar-refractivity contribution in [3.63, 3.8) is 0 Å². The van der Waals surface area contributed by atoms with Crippen LogP contribution in [-0.4, -0.2) is 52.1 Å². The van der Waals surface area contributed by atoms with Crippen LogP contribution in [0.4, 0.5) is 9.93 Å². The molecule has 1 aliphatic heterocycles. The van der Waals surface area contributed by atoms with Crippen LogP contribution in [0, 0.1) is 11.8 Å². The van der Waals surface area contributed by atoms with E-state index in [1.165, 1.54) is 21.7 Å². The van der Waals surface area contributed by atoms with E-state index in [2.05, 4.69) is 29.4 Å². The summed E-state index contributed by atoms with van der Waals surface area (Å²) < 4.78 is 0. The van der Waals surface area contributed by atoms with Gasteiger partial charge in [-0.15, -0.1) is 10.2 Å². The Kier molecular flexibility index (Phi) is 4.29. The summed E-state index contributed by atoms with van der Waals surface area (Å²) >= 11 is 1.22. The molecular formula is C15H21N5O3S. The fourth-order valence-electron chi connectivity index (χ4n) is 3.88. The summed E-state index contributed by atoms with van der Waals surface area (Å²) in [6.45, 7) is 3.90. The lowest BCUT2D eigenvalue weighted by Crippen LogP contribution is -2.52. The topological polar surface area (TPSA) is 95.5 Å². The highest BCUT2D eigenvalue weighted by Crippen LogP contribution is 2.39. The number of carbonyl (C=O) groups excluding carboxylic acids is 3. The van der Waals surface area contributed by atoms with Crippen molar-refractivity contribution in [1.82, 2.24) is 20.4 Å². The average Bonchev–Trinajstić information content (AvgIpc) is 3.09. The highest BCUT2D eigenvalue weighted by molar-refractivity contribution is 7.13. The Morgan fingerprint density at radius 3 is 2.67 bits per heavy atom. The smallest absolute Gasteiger partial charge is 0.323 e. The first kappa shape index (κ1) is 16.8. The number of urea groups is 1. The maximum absolute atomic E-state index is 12.9. The molecule has 2 fully saturated rings. The zero-order chi connectivity index (χ0) is 17.5. The van der Waals surface area contributed by atoms with Gasteiger partial charge in [-0.3, -0.25) is 19.4 Å². The number of anilines is 1. The molecule has 2 unspecified atom stereocenters. The molecule has 0 radical (unpaired) electrons. The Balaban J connectivity index is 1.74. The van der Waals surface area contributed by atoms with Crippen molar-refractivity contribution in [1.29, 1.82) is 0 Å². The molecule has 2 atom stereocenters. The minimum absolute atomic E-state index is 0.286. The molecule has 1 saturated carbocycles. The van der Waals surface area contributed by atoms with Gasteiger partial charge in [0.15, 0.2) is 0 Å². The fraction of sp³-hybridized carbons (Fsp3) is 0.667. The number of amides is 4. The Hall–Kier alpha value is -2.03. The maximum Gasteiger partial charge on any atom is 0.325 e. The minimum atomic E-state index is -0.851. The molecule has 1 spiro atoms. The molecule has 24 heavy (non-hydrogen) atoms. The summed E-state index contributed by atoms with van der Waals surface area (Å²) in [5.74, 6) is 0.0598. The first-order valence-electron chi connectivity index (χ1n) is 7.99. The van der Waals surface area contributed by atoms with Crippen LogP contribution < -0.4 is 10.2 Å². The van der Waals surface area contributed by atoms with Gasteiger partial charge in [0.1, 0.15) is 17.6 Å². The molecule has 4 amide bonds. The van der Waals surface area contributed by atoms with E-state index in [4.69, 9.17) is 0 Å². The molecule has 1 saturated heterocycles. The van der Waals surface area contributed by atoms with E-state index in [9.17, 15) is 14.4 Å². The van der Waals surface area contributed by atoms with Gasteiger partial charge in [0, 0.05) is 7.05 Å². The van der Waals surface area contributed by atoms with Crippen molar-refractivity contribution in [3.8, 4) is 0 Å². The normalized spacial score (nSPS) is 29.9. The molecule has 1 aromatic rings. The predicted octanol–water partition coefficient (Wildman–Crippen LogP) is 1.25. The van der Waals surface area contributed by atoms with Crippen molar-refractivity contribution < 1.29 is 14.4 Å². The van der Waals surface area contributed by atoms with Gasteiger partial charge < -0.3 is 5.32 Å². The van der Waals surface area contributed by atoms with Gasteiger partial charge in [-0.05, 0) is 31.1 Å². The lowest BCUT2D eigenvalue weighted by Gasteiger charge is -2.37. The van der Waals surface area contributed by atoms with E-state index in [0.29, 0.717) is 29.8 Å². The number of imide groups is 1. The predicted molar refractivity (Wildman–Crippen MR) is 88.5 cm³/mol. The number of carbonyl (C=O) groups is 3. The molecule has 1 aliphatic carbocycles. The van der Waals surface area contributed by atoms with Crippen LogP contribution in [0.5, 0.6) is 0 Å². The van der Waals surface area contributed by atoms with Crippen LogP contribution in [0.2, 0.25) is 0 Å². The molecule has 2 aliphatic rings. The summed E-state index contributed by atoms with van der Waals surface area (Å²) in [6, 6.07) is -0.486.